The summed E-state index contributed by atoms with van der Waals surface area (Å²) in [5.74, 6) is 0. The molecular formula is C11H22N2O4. The Morgan fingerprint density at radius 2 is 2.29 bits per heavy atom. The number of hydrogen-bond donors (Lipinski definition) is 2. The number of nitrogens with two attached hydrogens (primary N) is 1. The van der Waals surface area contributed by atoms with E-state index in [1.165, 1.54) is 0 Å². The van der Waals surface area contributed by atoms with E-state index >= 15 is 0 Å². The molecule has 1 fully saturated rings. The van der Waals surface area contributed by atoms with E-state index in [1.54, 1.807) is 4.90 Å². The van der Waals surface area contributed by atoms with Crippen molar-refractivity contribution < 1.29 is 19.4 Å². The molecule has 1 heterocycles. The van der Waals surface area contributed by atoms with Crippen LogP contribution in [0.4, 0.5) is 4.79 Å². The Morgan fingerprint density at radius 3 is 2.82 bits per heavy atom. The van der Waals surface area contributed by atoms with Crippen molar-refractivity contribution in [3.63, 3.8) is 0 Å². The number of nitrogens with zero attached hydrogens (tertiary/aromatic N) is 1. The molecule has 1 aliphatic rings. The molecule has 6 nitrogen and oxygen atoms in total. The lowest BCUT2D eigenvalue weighted by atomic mass is 10.1. The molecule has 1 saturated heterocycles. The van der Waals surface area contributed by atoms with Gasteiger partial charge >= 0.3 is 6.09 Å². The van der Waals surface area contributed by atoms with Crippen LogP contribution < -0.4 is 5.73 Å². The van der Waals surface area contributed by atoms with E-state index in [0.717, 1.165) is 0 Å². The van der Waals surface area contributed by atoms with Gasteiger partial charge in [-0.25, -0.2) is 4.79 Å². The van der Waals surface area contributed by atoms with E-state index in [-0.39, 0.29) is 18.8 Å². The SMILES string of the molecule is CC(C)(C)OC(=O)N1CCOC([C@H](N)CO)C1. The highest BCUT2D eigenvalue weighted by atomic mass is 16.6. The van der Waals surface area contributed by atoms with Gasteiger partial charge in [0.15, 0.2) is 0 Å². The van der Waals surface area contributed by atoms with Crippen LogP contribution in [0.25, 0.3) is 0 Å². The van der Waals surface area contributed by atoms with E-state index in [0.29, 0.717) is 19.7 Å². The maximum atomic E-state index is 11.8. The van der Waals surface area contributed by atoms with Crippen LogP contribution in [0.15, 0.2) is 0 Å². The third kappa shape index (κ3) is 4.49. The number of ether oxygens (including phenoxy) is 2. The average Bonchev–Trinajstić information content (AvgIpc) is 2.26. The van der Waals surface area contributed by atoms with E-state index in [4.69, 9.17) is 20.3 Å². The normalized spacial score (nSPS) is 23.4. The van der Waals surface area contributed by atoms with Crippen molar-refractivity contribution in [3.8, 4) is 0 Å². The van der Waals surface area contributed by atoms with Gasteiger partial charge in [-0.2, -0.15) is 0 Å². The van der Waals surface area contributed by atoms with Crippen LogP contribution in [-0.4, -0.2) is 60.1 Å². The van der Waals surface area contributed by atoms with E-state index in [1.807, 2.05) is 20.8 Å². The van der Waals surface area contributed by atoms with Crippen molar-refractivity contribution in [1.82, 2.24) is 4.90 Å². The summed E-state index contributed by atoms with van der Waals surface area (Å²) in [6.07, 6.45) is -0.697. The quantitative estimate of drug-likeness (QED) is 0.713. The maximum Gasteiger partial charge on any atom is 0.410 e. The minimum absolute atomic E-state index is 0.160. The largest absolute Gasteiger partial charge is 0.444 e. The Kier molecular flexibility index (Phi) is 4.73. The van der Waals surface area contributed by atoms with Gasteiger partial charge in [0.1, 0.15) is 5.60 Å². The lowest BCUT2D eigenvalue weighted by Gasteiger charge is -2.36. The summed E-state index contributed by atoms with van der Waals surface area (Å²) in [5.41, 5.74) is 5.17. The fourth-order valence-electron chi connectivity index (χ4n) is 1.54. The van der Waals surface area contributed by atoms with Crippen LogP contribution in [0.5, 0.6) is 0 Å². The standard InChI is InChI=1S/C11H22N2O4/c1-11(2,3)17-10(15)13-4-5-16-9(6-13)8(12)7-14/h8-9,14H,4-7,12H2,1-3H3/t8-,9?/m1/s1. The minimum Gasteiger partial charge on any atom is -0.444 e. The first-order valence-corrected chi connectivity index (χ1v) is 5.79. The van der Waals surface area contributed by atoms with Gasteiger partial charge in [0.25, 0.3) is 0 Å². The van der Waals surface area contributed by atoms with Crippen molar-refractivity contribution in [2.45, 2.75) is 38.5 Å². The number of amides is 1. The molecule has 3 N–H and O–H groups in total. The number of carbonyl (C=O) groups is 1. The summed E-state index contributed by atoms with van der Waals surface area (Å²) in [6.45, 7) is 6.57. The minimum atomic E-state index is -0.510. The second-order valence-electron chi connectivity index (χ2n) is 5.18. The molecule has 2 atom stereocenters. The van der Waals surface area contributed by atoms with Gasteiger partial charge in [-0.15, -0.1) is 0 Å². The number of carbonyl (C=O) groups excluding carboxylic acids is 1. The van der Waals surface area contributed by atoms with Crippen LogP contribution >= 0.6 is 0 Å². The topological polar surface area (TPSA) is 85.0 Å². The lowest BCUT2D eigenvalue weighted by Crippen LogP contribution is -2.54. The van der Waals surface area contributed by atoms with Crippen LogP contribution in [0.3, 0.4) is 0 Å². The first-order chi connectivity index (χ1) is 7.83. The number of hydrogen-bond acceptors (Lipinski definition) is 5. The van der Waals surface area contributed by atoms with Gasteiger partial charge in [-0.1, -0.05) is 0 Å². The fourth-order valence-corrected chi connectivity index (χ4v) is 1.54. The summed E-state index contributed by atoms with van der Waals surface area (Å²) in [7, 11) is 0. The molecule has 0 radical (unpaired) electrons. The molecule has 0 aliphatic carbocycles. The molecule has 0 saturated carbocycles. The van der Waals surface area contributed by atoms with Gasteiger partial charge in [0.05, 0.1) is 31.9 Å². The second-order valence-corrected chi connectivity index (χ2v) is 5.18. The Bertz CT molecular complexity index is 265. The van der Waals surface area contributed by atoms with Crippen molar-refractivity contribution in [1.29, 1.82) is 0 Å². The Labute approximate surface area is 102 Å². The predicted molar refractivity (Wildman–Crippen MR) is 62.6 cm³/mol. The maximum absolute atomic E-state index is 11.8. The smallest absolute Gasteiger partial charge is 0.410 e. The summed E-state index contributed by atoms with van der Waals surface area (Å²) in [6, 6.07) is -0.472. The molecule has 0 aromatic carbocycles. The molecule has 0 spiro atoms. The summed E-state index contributed by atoms with van der Waals surface area (Å²) in [4.78, 5) is 13.4. The molecule has 6 heteroatoms. The number of morpholine rings is 1. The zero-order chi connectivity index (χ0) is 13.1. The van der Waals surface area contributed by atoms with Crippen molar-refractivity contribution >= 4 is 6.09 Å². The predicted octanol–water partition coefficient (Wildman–Crippen LogP) is -0.0581. The van der Waals surface area contributed by atoms with E-state index in [2.05, 4.69) is 0 Å². The highest BCUT2D eigenvalue weighted by molar-refractivity contribution is 5.68. The third-order valence-corrected chi connectivity index (χ3v) is 2.43. The highest BCUT2D eigenvalue weighted by Gasteiger charge is 2.30. The third-order valence-electron chi connectivity index (χ3n) is 2.43. The van der Waals surface area contributed by atoms with Crippen molar-refractivity contribution in [2.75, 3.05) is 26.3 Å². The van der Waals surface area contributed by atoms with Crippen molar-refractivity contribution in [2.24, 2.45) is 5.73 Å². The zero-order valence-electron chi connectivity index (χ0n) is 10.7. The zero-order valence-corrected chi connectivity index (χ0v) is 10.7. The van der Waals surface area contributed by atoms with Crippen LogP contribution in [0.1, 0.15) is 20.8 Å². The molecule has 17 heavy (non-hydrogen) atoms. The Balaban J connectivity index is 2.52. The summed E-state index contributed by atoms with van der Waals surface area (Å²) in [5, 5.41) is 8.96. The molecular weight excluding hydrogens is 224 g/mol. The Hall–Kier alpha value is -0.850. The van der Waals surface area contributed by atoms with Gasteiger partial charge in [0.2, 0.25) is 0 Å². The monoisotopic (exact) mass is 246 g/mol. The first-order valence-electron chi connectivity index (χ1n) is 5.79. The molecule has 100 valence electrons. The molecule has 1 aliphatic heterocycles. The number of aliphatic hydroxyl groups excluding tert-OH is 1. The van der Waals surface area contributed by atoms with Gasteiger partial charge < -0.3 is 25.2 Å². The number of rotatable bonds is 2. The van der Waals surface area contributed by atoms with Crippen LogP contribution in [0.2, 0.25) is 0 Å². The van der Waals surface area contributed by atoms with E-state index in [9.17, 15) is 4.79 Å². The molecule has 1 amide bonds. The fraction of sp³-hybridized carbons (Fsp3) is 0.909. The molecule has 0 aromatic rings. The second kappa shape index (κ2) is 5.66. The number of aliphatic hydroxyl groups is 1. The van der Waals surface area contributed by atoms with E-state index < -0.39 is 11.6 Å². The highest BCUT2D eigenvalue weighted by Crippen LogP contribution is 2.13. The van der Waals surface area contributed by atoms with Crippen LogP contribution in [-0.2, 0) is 9.47 Å². The molecule has 0 aromatic heterocycles. The first kappa shape index (κ1) is 14.2. The van der Waals surface area contributed by atoms with Gasteiger partial charge in [-0.3, -0.25) is 0 Å². The molecule has 1 rings (SSSR count). The van der Waals surface area contributed by atoms with Crippen molar-refractivity contribution in [3.05, 3.63) is 0 Å². The molecule has 1 unspecified atom stereocenters. The average molecular weight is 246 g/mol. The summed E-state index contributed by atoms with van der Waals surface area (Å²) < 4.78 is 10.7. The Morgan fingerprint density at radius 1 is 1.65 bits per heavy atom. The lowest BCUT2D eigenvalue weighted by molar-refractivity contribution is -0.0557. The van der Waals surface area contributed by atoms with Gasteiger partial charge in [0, 0.05) is 6.54 Å². The van der Waals surface area contributed by atoms with Crippen LogP contribution in [0, 0.1) is 0 Å². The summed E-state index contributed by atoms with van der Waals surface area (Å²) >= 11 is 0. The molecule has 0 bridgehead atoms. The van der Waals surface area contributed by atoms with Gasteiger partial charge in [-0.05, 0) is 20.8 Å².